The van der Waals surface area contributed by atoms with Gasteiger partial charge < -0.3 is 4.90 Å². The maximum absolute atomic E-state index is 11.0. The number of halogens is 1. The molecule has 2 rings (SSSR count). The Morgan fingerprint density at radius 1 is 1.73 bits per heavy atom. The summed E-state index contributed by atoms with van der Waals surface area (Å²) < 4.78 is 0. The molecule has 0 bridgehead atoms. The number of fused-ring (bicyclic) bond motifs is 1. The number of carbonyl (C=O) groups is 1. The van der Waals surface area contributed by atoms with Crippen molar-refractivity contribution in [2.24, 2.45) is 5.92 Å². The second-order valence-electron chi connectivity index (χ2n) is 3.14. The summed E-state index contributed by atoms with van der Waals surface area (Å²) in [5, 5.41) is 0.390. The lowest BCUT2D eigenvalue weighted by Crippen LogP contribution is -2.59. The van der Waals surface area contributed by atoms with Crippen molar-refractivity contribution in [2.45, 2.75) is 24.2 Å². The fourth-order valence-corrected chi connectivity index (χ4v) is 3.34. The van der Waals surface area contributed by atoms with Crippen molar-refractivity contribution in [2.75, 3.05) is 5.75 Å². The topological polar surface area (TPSA) is 20.3 Å². The third kappa shape index (κ3) is 1.05. The Morgan fingerprint density at radius 2 is 2.45 bits per heavy atom. The highest BCUT2D eigenvalue weighted by molar-refractivity contribution is 8.00. The van der Waals surface area contributed by atoms with Crippen LogP contribution in [0.3, 0.4) is 0 Å². The first-order valence-electron chi connectivity index (χ1n) is 3.77. The smallest absolute Gasteiger partial charge is 0.227 e. The molecule has 11 heavy (non-hydrogen) atoms. The number of amides is 1. The lowest BCUT2D eigenvalue weighted by molar-refractivity contribution is -0.144. The number of hydrogen-bond donors (Lipinski definition) is 0. The van der Waals surface area contributed by atoms with Crippen LogP contribution in [-0.2, 0) is 4.79 Å². The van der Waals surface area contributed by atoms with Crippen LogP contribution in [0, 0.1) is 5.92 Å². The SMILES string of the molecule is CC1CSC2CC(=O)N2C1Cl. The molecule has 0 saturated carbocycles. The molecule has 0 aromatic carbocycles. The van der Waals surface area contributed by atoms with Gasteiger partial charge >= 0.3 is 0 Å². The molecule has 3 unspecified atom stereocenters. The molecule has 0 radical (unpaired) electrons. The molecule has 62 valence electrons. The van der Waals surface area contributed by atoms with Crippen LogP contribution in [-0.4, -0.2) is 27.4 Å². The Labute approximate surface area is 75.3 Å². The van der Waals surface area contributed by atoms with Crippen LogP contribution < -0.4 is 0 Å². The van der Waals surface area contributed by atoms with E-state index < -0.39 is 0 Å². The minimum Gasteiger partial charge on any atom is -0.313 e. The molecule has 0 aromatic heterocycles. The van der Waals surface area contributed by atoms with Gasteiger partial charge in [-0.15, -0.1) is 11.8 Å². The zero-order valence-electron chi connectivity index (χ0n) is 6.29. The minimum absolute atomic E-state index is 0.0532. The molecule has 0 N–H and O–H groups in total. The molecule has 4 heteroatoms. The number of rotatable bonds is 0. The number of β-lactam (4-membered cyclic amide) rings is 1. The van der Waals surface area contributed by atoms with Gasteiger partial charge in [-0.3, -0.25) is 4.79 Å². The van der Waals surface area contributed by atoms with Crippen molar-refractivity contribution in [3.63, 3.8) is 0 Å². The van der Waals surface area contributed by atoms with Gasteiger partial charge in [0.05, 0.1) is 11.8 Å². The van der Waals surface area contributed by atoms with E-state index in [1.807, 2.05) is 11.8 Å². The fraction of sp³-hybridized carbons (Fsp3) is 0.857. The normalized spacial score (nSPS) is 43.3. The first kappa shape index (κ1) is 7.74. The van der Waals surface area contributed by atoms with Crippen molar-refractivity contribution in [3.05, 3.63) is 0 Å². The Balaban J connectivity index is 2.10. The Morgan fingerprint density at radius 3 is 3.00 bits per heavy atom. The van der Waals surface area contributed by atoms with Gasteiger partial charge in [0.1, 0.15) is 5.50 Å². The highest BCUT2D eigenvalue weighted by Crippen LogP contribution is 2.41. The zero-order chi connectivity index (χ0) is 8.01. The summed E-state index contributed by atoms with van der Waals surface area (Å²) in [6, 6.07) is 0. The van der Waals surface area contributed by atoms with E-state index in [-0.39, 0.29) is 11.4 Å². The first-order valence-corrected chi connectivity index (χ1v) is 5.25. The van der Waals surface area contributed by atoms with Crippen LogP contribution in [0.1, 0.15) is 13.3 Å². The summed E-state index contributed by atoms with van der Waals surface area (Å²) in [5.74, 6) is 1.74. The largest absolute Gasteiger partial charge is 0.313 e. The number of thioether (sulfide) groups is 1. The van der Waals surface area contributed by atoms with Gasteiger partial charge in [0.2, 0.25) is 5.91 Å². The summed E-state index contributed by atoms with van der Waals surface area (Å²) in [7, 11) is 0. The molecule has 2 saturated heterocycles. The van der Waals surface area contributed by atoms with Gasteiger partial charge in [-0.1, -0.05) is 18.5 Å². The predicted octanol–water partition coefficient (Wildman–Crippen LogP) is 1.49. The molecule has 1 amide bonds. The van der Waals surface area contributed by atoms with Crippen LogP contribution >= 0.6 is 23.4 Å². The molecular formula is C7H10ClNOS. The average Bonchev–Trinajstić information content (AvgIpc) is 1.94. The van der Waals surface area contributed by atoms with Gasteiger partial charge in [0.25, 0.3) is 0 Å². The van der Waals surface area contributed by atoms with E-state index in [0.29, 0.717) is 17.7 Å². The summed E-state index contributed by atoms with van der Waals surface area (Å²) in [6.45, 7) is 2.09. The molecule has 2 nitrogen and oxygen atoms in total. The van der Waals surface area contributed by atoms with Crippen molar-refractivity contribution < 1.29 is 4.79 Å². The maximum atomic E-state index is 11.0. The van der Waals surface area contributed by atoms with E-state index >= 15 is 0 Å². The molecule has 2 heterocycles. The number of carbonyl (C=O) groups excluding carboxylic acids is 1. The molecule has 3 atom stereocenters. The maximum Gasteiger partial charge on any atom is 0.227 e. The quantitative estimate of drug-likeness (QED) is 0.329. The van der Waals surface area contributed by atoms with E-state index in [9.17, 15) is 4.79 Å². The zero-order valence-corrected chi connectivity index (χ0v) is 7.86. The third-order valence-electron chi connectivity index (χ3n) is 2.23. The predicted molar refractivity (Wildman–Crippen MR) is 46.5 cm³/mol. The molecular weight excluding hydrogens is 182 g/mol. The summed E-state index contributed by atoms with van der Waals surface area (Å²) in [4.78, 5) is 12.9. The minimum atomic E-state index is -0.0532. The van der Waals surface area contributed by atoms with Gasteiger partial charge in [0.15, 0.2) is 0 Å². The van der Waals surface area contributed by atoms with Crippen molar-refractivity contribution in [1.82, 2.24) is 4.90 Å². The molecule has 2 aliphatic rings. The summed E-state index contributed by atoms with van der Waals surface area (Å²) in [6.07, 6.45) is 0.695. The average molecular weight is 192 g/mol. The lowest BCUT2D eigenvalue weighted by atomic mass is 10.1. The second-order valence-corrected chi connectivity index (χ2v) is 4.80. The monoisotopic (exact) mass is 191 g/mol. The van der Waals surface area contributed by atoms with Gasteiger partial charge in [-0.05, 0) is 5.92 Å². The van der Waals surface area contributed by atoms with Gasteiger partial charge in [-0.2, -0.15) is 0 Å². The van der Waals surface area contributed by atoms with E-state index in [2.05, 4.69) is 6.92 Å². The highest BCUT2D eigenvalue weighted by Gasteiger charge is 2.45. The molecule has 0 aliphatic carbocycles. The van der Waals surface area contributed by atoms with Crippen LogP contribution in [0.5, 0.6) is 0 Å². The second kappa shape index (κ2) is 2.56. The molecule has 2 fully saturated rings. The standard InChI is InChI=1S/C7H10ClNOS/c1-4-3-11-6-2-5(10)9(6)7(4)8/h4,6-7H,2-3H2,1H3. The van der Waals surface area contributed by atoms with Crippen LogP contribution in [0.4, 0.5) is 0 Å². The van der Waals surface area contributed by atoms with Crippen LogP contribution in [0.25, 0.3) is 0 Å². The van der Waals surface area contributed by atoms with Gasteiger partial charge in [-0.25, -0.2) is 0 Å². The van der Waals surface area contributed by atoms with Crippen molar-refractivity contribution in [1.29, 1.82) is 0 Å². The van der Waals surface area contributed by atoms with Crippen molar-refractivity contribution >= 4 is 29.3 Å². The van der Waals surface area contributed by atoms with E-state index in [0.717, 1.165) is 5.75 Å². The first-order chi connectivity index (χ1) is 5.20. The Hall–Kier alpha value is 0.110. The number of nitrogens with zero attached hydrogens (tertiary/aromatic N) is 1. The number of alkyl halides is 1. The molecule has 2 aliphatic heterocycles. The molecule has 0 aromatic rings. The third-order valence-corrected chi connectivity index (χ3v) is 4.37. The van der Waals surface area contributed by atoms with E-state index in [4.69, 9.17) is 11.6 Å². The molecule has 0 spiro atoms. The Kier molecular flexibility index (Phi) is 1.80. The van der Waals surface area contributed by atoms with E-state index in [1.54, 1.807) is 4.90 Å². The van der Waals surface area contributed by atoms with Crippen LogP contribution in [0.2, 0.25) is 0 Å². The highest BCUT2D eigenvalue weighted by atomic mass is 35.5. The van der Waals surface area contributed by atoms with Crippen LogP contribution in [0.15, 0.2) is 0 Å². The Bertz CT molecular complexity index is 199. The summed E-state index contributed by atoms with van der Waals surface area (Å²) >= 11 is 7.90. The van der Waals surface area contributed by atoms with Crippen molar-refractivity contribution in [3.8, 4) is 0 Å². The van der Waals surface area contributed by atoms with Gasteiger partial charge in [0, 0.05) is 5.75 Å². The fourth-order valence-electron chi connectivity index (χ4n) is 1.45. The van der Waals surface area contributed by atoms with E-state index in [1.165, 1.54) is 0 Å². The lowest BCUT2D eigenvalue weighted by Gasteiger charge is -2.48. The summed E-state index contributed by atoms with van der Waals surface area (Å²) in [5.41, 5.74) is -0.0532. The number of hydrogen-bond acceptors (Lipinski definition) is 2.